The lowest BCUT2D eigenvalue weighted by Crippen LogP contribution is -2.37. The molecule has 0 aromatic carbocycles. The summed E-state index contributed by atoms with van der Waals surface area (Å²) in [5.41, 5.74) is 4.39. The molecule has 1 aromatic heterocycles. The predicted octanol–water partition coefficient (Wildman–Crippen LogP) is 1.39. The molecule has 7 nitrogen and oxygen atoms in total. The normalized spacial score (nSPS) is 9.84. The first kappa shape index (κ1) is 15.5. The molecule has 0 radical (unpaired) electrons. The molecule has 0 bridgehead atoms. The molecular formula is C9H6Cl3N3O4. The van der Waals surface area contributed by atoms with Crippen molar-refractivity contribution < 1.29 is 19.1 Å². The Morgan fingerprint density at radius 2 is 1.89 bits per heavy atom. The number of carbonyl (C=O) groups excluding carboxylic acids is 3. The number of amides is 3. The van der Waals surface area contributed by atoms with Gasteiger partial charge in [-0.15, -0.1) is 0 Å². The van der Waals surface area contributed by atoms with Gasteiger partial charge in [0.2, 0.25) is 0 Å². The summed E-state index contributed by atoms with van der Waals surface area (Å²) in [7, 11) is 0. The molecule has 3 N–H and O–H groups in total. The van der Waals surface area contributed by atoms with Crippen LogP contribution in [0.1, 0.15) is 10.5 Å². The van der Waals surface area contributed by atoms with Crippen molar-refractivity contribution in [1.82, 2.24) is 10.3 Å². The number of esters is 1. The molecule has 0 atom stereocenters. The number of imide groups is 1. The van der Waals surface area contributed by atoms with E-state index in [1.54, 1.807) is 5.32 Å². The van der Waals surface area contributed by atoms with Gasteiger partial charge < -0.3 is 10.5 Å². The number of urea groups is 1. The van der Waals surface area contributed by atoms with Crippen LogP contribution in [0.4, 0.5) is 4.79 Å². The fraction of sp³-hybridized carbons (Fsp3) is 0.111. The lowest BCUT2D eigenvalue weighted by atomic mass is 10.3. The molecular weight excluding hydrogens is 320 g/mol. The lowest BCUT2D eigenvalue weighted by Gasteiger charge is -2.06. The molecule has 0 saturated heterocycles. The fourth-order valence-corrected chi connectivity index (χ4v) is 1.52. The molecule has 102 valence electrons. The van der Waals surface area contributed by atoms with E-state index in [0.717, 1.165) is 6.20 Å². The molecule has 1 aromatic rings. The molecule has 0 saturated carbocycles. The maximum Gasteiger partial charge on any atom is 0.359 e. The Hall–Kier alpha value is -1.57. The molecule has 3 amide bonds. The standard InChI is InChI=1S/C9H6Cl3N3O4/c10-3-1-14-7(6(12)5(3)11)8(17)19-2-4(16)15-9(13)18/h1H,2H2,(H3,13,15,16,18). The van der Waals surface area contributed by atoms with Crippen molar-refractivity contribution >= 4 is 52.7 Å². The maximum absolute atomic E-state index is 11.6. The second-order valence-electron chi connectivity index (χ2n) is 3.07. The van der Waals surface area contributed by atoms with Crippen LogP contribution in [-0.2, 0) is 9.53 Å². The van der Waals surface area contributed by atoms with Crippen molar-refractivity contribution in [3.8, 4) is 0 Å². The van der Waals surface area contributed by atoms with Gasteiger partial charge in [-0.25, -0.2) is 14.6 Å². The highest BCUT2D eigenvalue weighted by molar-refractivity contribution is 6.48. The first-order valence-corrected chi connectivity index (χ1v) is 5.72. The minimum atomic E-state index is -1.06. The molecule has 10 heteroatoms. The Morgan fingerprint density at radius 1 is 1.26 bits per heavy atom. The summed E-state index contributed by atoms with van der Waals surface area (Å²) in [6.07, 6.45) is 1.11. The smallest absolute Gasteiger partial charge is 0.359 e. The molecule has 0 fully saturated rings. The number of primary amides is 1. The number of pyridine rings is 1. The summed E-state index contributed by atoms with van der Waals surface area (Å²) in [4.78, 5) is 36.5. The predicted molar refractivity (Wildman–Crippen MR) is 67.3 cm³/mol. The van der Waals surface area contributed by atoms with Crippen LogP contribution >= 0.6 is 34.8 Å². The van der Waals surface area contributed by atoms with Crippen LogP contribution < -0.4 is 11.1 Å². The van der Waals surface area contributed by atoms with E-state index >= 15 is 0 Å². The van der Waals surface area contributed by atoms with Gasteiger partial charge in [0.05, 0.1) is 15.1 Å². The van der Waals surface area contributed by atoms with Gasteiger partial charge in [0.1, 0.15) is 0 Å². The van der Waals surface area contributed by atoms with E-state index in [9.17, 15) is 14.4 Å². The lowest BCUT2D eigenvalue weighted by molar-refractivity contribution is -0.123. The van der Waals surface area contributed by atoms with Crippen molar-refractivity contribution in [2.24, 2.45) is 5.73 Å². The Bertz CT molecular complexity index is 550. The molecule has 0 unspecified atom stereocenters. The zero-order chi connectivity index (χ0) is 14.6. The third-order valence-corrected chi connectivity index (χ3v) is 2.95. The van der Waals surface area contributed by atoms with Gasteiger partial charge in [0.25, 0.3) is 5.91 Å². The number of nitrogens with two attached hydrogens (primary N) is 1. The van der Waals surface area contributed by atoms with Gasteiger partial charge in [-0.3, -0.25) is 10.1 Å². The van der Waals surface area contributed by atoms with E-state index in [0.29, 0.717) is 0 Å². The number of aromatic nitrogens is 1. The fourth-order valence-electron chi connectivity index (χ4n) is 0.959. The number of ether oxygens (including phenoxy) is 1. The molecule has 0 aliphatic carbocycles. The summed E-state index contributed by atoms with van der Waals surface area (Å²) in [5.74, 6) is -1.89. The number of hydrogen-bond donors (Lipinski definition) is 2. The molecule has 0 spiro atoms. The second kappa shape index (κ2) is 6.55. The Labute approximate surface area is 122 Å². The summed E-state index contributed by atoms with van der Waals surface area (Å²) in [5, 5.41) is 1.51. The maximum atomic E-state index is 11.6. The van der Waals surface area contributed by atoms with Crippen molar-refractivity contribution in [2.75, 3.05) is 6.61 Å². The largest absolute Gasteiger partial charge is 0.451 e. The Kier molecular flexibility index (Phi) is 5.34. The van der Waals surface area contributed by atoms with Gasteiger partial charge >= 0.3 is 12.0 Å². The third-order valence-electron chi connectivity index (χ3n) is 1.71. The van der Waals surface area contributed by atoms with Gasteiger partial charge in [0, 0.05) is 6.20 Å². The van der Waals surface area contributed by atoms with Crippen LogP contribution in [0.15, 0.2) is 6.20 Å². The van der Waals surface area contributed by atoms with Gasteiger partial charge in [-0.1, -0.05) is 34.8 Å². The summed E-state index contributed by atoms with van der Waals surface area (Å²) in [6, 6.07) is -1.06. The average molecular weight is 327 g/mol. The van der Waals surface area contributed by atoms with E-state index in [2.05, 4.69) is 9.72 Å². The van der Waals surface area contributed by atoms with E-state index in [1.165, 1.54) is 0 Å². The van der Waals surface area contributed by atoms with E-state index in [1.807, 2.05) is 0 Å². The number of halogens is 3. The highest BCUT2D eigenvalue weighted by Crippen LogP contribution is 2.31. The highest BCUT2D eigenvalue weighted by atomic mass is 35.5. The van der Waals surface area contributed by atoms with E-state index in [-0.39, 0.29) is 20.8 Å². The van der Waals surface area contributed by atoms with Crippen LogP contribution in [0.25, 0.3) is 0 Å². The Balaban J connectivity index is 2.72. The van der Waals surface area contributed by atoms with E-state index < -0.39 is 24.5 Å². The van der Waals surface area contributed by atoms with Crippen LogP contribution in [0.5, 0.6) is 0 Å². The first-order valence-electron chi connectivity index (χ1n) is 4.58. The summed E-state index contributed by atoms with van der Waals surface area (Å²) >= 11 is 17.1. The second-order valence-corrected chi connectivity index (χ2v) is 4.23. The van der Waals surface area contributed by atoms with Gasteiger partial charge in [0.15, 0.2) is 12.3 Å². The van der Waals surface area contributed by atoms with Crippen LogP contribution in [0.2, 0.25) is 15.1 Å². The number of nitrogens with zero attached hydrogens (tertiary/aromatic N) is 1. The third kappa shape index (κ3) is 4.23. The van der Waals surface area contributed by atoms with Gasteiger partial charge in [-0.2, -0.15) is 0 Å². The molecule has 1 rings (SSSR count). The highest BCUT2D eigenvalue weighted by Gasteiger charge is 2.19. The Morgan fingerprint density at radius 3 is 2.47 bits per heavy atom. The van der Waals surface area contributed by atoms with E-state index in [4.69, 9.17) is 40.5 Å². The van der Waals surface area contributed by atoms with Crippen molar-refractivity contribution in [1.29, 1.82) is 0 Å². The molecule has 1 heterocycles. The van der Waals surface area contributed by atoms with Crippen LogP contribution in [0.3, 0.4) is 0 Å². The van der Waals surface area contributed by atoms with Crippen molar-refractivity contribution in [3.63, 3.8) is 0 Å². The van der Waals surface area contributed by atoms with Gasteiger partial charge in [-0.05, 0) is 0 Å². The topological polar surface area (TPSA) is 111 Å². The number of carbonyl (C=O) groups is 3. The molecule has 0 aliphatic heterocycles. The summed E-state index contributed by atoms with van der Waals surface area (Å²) < 4.78 is 4.56. The number of nitrogens with one attached hydrogen (secondary N) is 1. The zero-order valence-electron chi connectivity index (χ0n) is 9.08. The zero-order valence-corrected chi connectivity index (χ0v) is 11.3. The molecule has 19 heavy (non-hydrogen) atoms. The minimum absolute atomic E-state index is 0.0631. The monoisotopic (exact) mass is 325 g/mol. The number of rotatable bonds is 3. The SMILES string of the molecule is NC(=O)NC(=O)COC(=O)c1ncc(Cl)c(Cl)c1Cl. The summed E-state index contributed by atoms with van der Waals surface area (Å²) in [6.45, 7) is -0.722. The van der Waals surface area contributed by atoms with Crippen molar-refractivity contribution in [2.45, 2.75) is 0 Å². The van der Waals surface area contributed by atoms with Crippen molar-refractivity contribution in [3.05, 3.63) is 27.0 Å². The minimum Gasteiger partial charge on any atom is -0.451 e. The number of hydrogen-bond acceptors (Lipinski definition) is 5. The van der Waals surface area contributed by atoms with Crippen LogP contribution in [0, 0.1) is 0 Å². The first-order chi connectivity index (χ1) is 8.82. The average Bonchev–Trinajstić information content (AvgIpc) is 2.32. The van der Waals surface area contributed by atoms with Crippen LogP contribution in [-0.4, -0.2) is 29.5 Å². The quantitative estimate of drug-likeness (QED) is 0.815. The molecule has 0 aliphatic rings.